The number of imidazole rings is 1. The van der Waals surface area contributed by atoms with E-state index in [9.17, 15) is 0 Å². The van der Waals surface area contributed by atoms with Gasteiger partial charge in [-0.15, -0.1) is 0 Å². The molecule has 0 amide bonds. The van der Waals surface area contributed by atoms with Gasteiger partial charge in [-0.05, 0) is 6.42 Å². The minimum Gasteiger partial charge on any atom is -0.364 e. The average molecular weight is 229 g/mol. The van der Waals surface area contributed by atoms with Crippen molar-refractivity contribution in [3.8, 4) is 0 Å². The van der Waals surface area contributed by atoms with Crippen molar-refractivity contribution in [1.29, 1.82) is 0 Å². The molecular formula is C11H11N5O. The Morgan fingerprint density at radius 1 is 1.24 bits per heavy atom. The summed E-state index contributed by atoms with van der Waals surface area (Å²) >= 11 is 0. The smallest absolute Gasteiger partial charge is 0.197 e. The Balaban J connectivity index is 2.00. The molecule has 3 heterocycles. The van der Waals surface area contributed by atoms with E-state index >= 15 is 0 Å². The lowest BCUT2D eigenvalue weighted by molar-refractivity contribution is 0.409. The summed E-state index contributed by atoms with van der Waals surface area (Å²) in [4.78, 5) is 12.6. The third kappa shape index (κ3) is 1.67. The van der Waals surface area contributed by atoms with Crippen molar-refractivity contribution in [1.82, 2.24) is 24.7 Å². The minimum atomic E-state index is 0.606. The first kappa shape index (κ1) is 9.95. The fourth-order valence-electron chi connectivity index (χ4n) is 1.77. The van der Waals surface area contributed by atoms with Gasteiger partial charge in [0, 0.05) is 18.0 Å². The molecule has 0 saturated carbocycles. The van der Waals surface area contributed by atoms with Gasteiger partial charge in [0.1, 0.15) is 12.0 Å². The number of hydrogen-bond donors (Lipinski definition) is 0. The number of rotatable bonds is 3. The SMILES string of the molecule is CCc1conc1Cn1cnc2nccnc21. The summed E-state index contributed by atoms with van der Waals surface area (Å²) in [6, 6.07) is 0. The first-order chi connectivity index (χ1) is 8.38. The topological polar surface area (TPSA) is 69.6 Å². The minimum absolute atomic E-state index is 0.606. The Labute approximate surface area is 97.3 Å². The van der Waals surface area contributed by atoms with Crippen molar-refractivity contribution in [2.75, 3.05) is 0 Å². The Hall–Kier alpha value is -2.24. The van der Waals surface area contributed by atoms with E-state index in [1.165, 1.54) is 0 Å². The summed E-state index contributed by atoms with van der Waals surface area (Å²) in [6.45, 7) is 2.68. The molecule has 0 N–H and O–H groups in total. The Bertz CT molecular complexity index is 642. The Kier molecular flexibility index (Phi) is 2.32. The van der Waals surface area contributed by atoms with E-state index in [2.05, 4.69) is 27.0 Å². The average Bonchev–Trinajstić information content (AvgIpc) is 2.97. The predicted molar refractivity (Wildman–Crippen MR) is 60.3 cm³/mol. The summed E-state index contributed by atoms with van der Waals surface area (Å²) in [5.74, 6) is 0. The number of hydrogen-bond acceptors (Lipinski definition) is 5. The predicted octanol–water partition coefficient (Wildman–Crippen LogP) is 1.43. The van der Waals surface area contributed by atoms with E-state index in [0.717, 1.165) is 23.3 Å². The van der Waals surface area contributed by atoms with Crippen molar-refractivity contribution in [2.24, 2.45) is 0 Å². The van der Waals surface area contributed by atoms with E-state index in [1.54, 1.807) is 25.0 Å². The van der Waals surface area contributed by atoms with Crippen LogP contribution in [0.25, 0.3) is 11.3 Å². The van der Waals surface area contributed by atoms with Gasteiger partial charge >= 0.3 is 0 Å². The Morgan fingerprint density at radius 3 is 3.00 bits per heavy atom. The van der Waals surface area contributed by atoms with Gasteiger partial charge in [0.05, 0.1) is 12.9 Å². The van der Waals surface area contributed by atoms with Crippen molar-refractivity contribution >= 4 is 11.3 Å². The lowest BCUT2D eigenvalue weighted by Gasteiger charge is -2.01. The summed E-state index contributed by atoms with van der Waals surface area (Å²) < 4.78 is 6.89. The zero-order chi connectivity index (χ0) is 11.7. The van der Waals surface area contributed by atoms with Gasteiger partial charge < -0.3 is 9.09 Å². The van der Waals surface area contributed by atoms with E-state index in [0.29, 0.717) is 12.2 Å². The molecule has 0 saturated heterocycles. The molecule has 0 fully saturated rings. The van der Waals surface area contributed by atoms with Crippen LogP contribution in [0.4, 0.5) is 0 Å². The second kappa shape index (κ2) is 3.97. The number of fused-ring (bicyclic) bond motifs is 1. The highest BCUT2D eigenvalue weighted by Gasteiger charge is 2.10. The van der Waals surface area contributed by atoms with E-state index in [4.69, 9.17) is 4.52 Å². The van der Waals surface area contributed by atoms with Gasteiger partial charge in [-0.1, -0.05) is 12.1 Å². The highest BCUT2D eigenvalue weighted by Crippen LogP contribution is 2.12. The molecule has 3 rings (SSSR count). The molecule has 3 aromatic rings. The van der Waals surface area contributed by atoms with E-state index < -0.39 is 0 Å². The van der Waals surface area contributed by atoms with Gasteiger partial charge in [-0.25, -0.2) is 15.0 Å². The second-order valence-corrected chi connectivity index (χ2v) is 3.72. The molecule has 0 radical (unpaired) electrons. The van der Waals surface area contributed by atoms with Crippen LogP contribution in [0.1, 0.15) is 18.2 Å². The molecule has 6 nitrogen and oxygen atoms in total. The monoisotopic (exact) mass is 229 g/mol. The first-order valence-electron chi connectivity index (χ1n) is 5.42. The summed E-state index contributed by atoms with van der Waals surface area (Å²) in [7, 11) is 0. The van der Waals surface area contributed by atoms with Crippen molar-refractivity contribution in [2.45, 2.75) is 19.9 Å². The highest BCUT2D eigenvalue weighted by atomic mass is 16.5. The van der Waals surface area contributed by atoms with Crippen LogP contribution < -0.4 is 0 Å². The zero-order valence-corrected chi connectivity index (χ0v) is 9.37. The second-order valence-electron chi connectivity index (χ2n) is 3.72. The maximum absolute atomic E-state index is 4.98. The summed E-state index contributed by atoms with van der Waals surface area (Å²) in [5.41, 5.74) is 3.43. The van der Waals surface area contributed by atoms with Gasteiger partial charge in [0.15, 0.2) is 11.3 Å². The van der Waals surface area contributed by atoms with Crippen LogP contribution >= 0.6 is 0 Å². The maximum Gasteiger partial charge on any atom is 0.197 e. The molecule has 0 aromatic carbocycles. The fraction of sp³-hybridized carbons (Fsp3) is 0.273. The van der Waals surface area contributed by atoms with Gasteiger partial charge in [-0.2, -0.15) is 0 Å². The number of aryl methyl sites for hydroxylation is 1. The fourth-order valence-corrected chi connectivity index (χ4v) is 1.77. The molecule has 86 valence electrons. The number of nitrogens with zero attached hydrogens (tertiary/aromatic N) is 5. The lowest BCUT2D eigenvalue weighted by Crippen LogP contribution is -2.02. The van der Waals surface area contributed by atoms with Gasteiger partial charge in [0.25, 0.3) is 0 Å². The molecular weight excluding hydrogens is 218 g/mol. The van der Waals surface area contributed by atoms with Crippen LogP contribution in [0.5, 0.6) is 0 Å². The van der Waals surface area contributed by atoms with Crippen LogP contribution in [-0.2, 0) is 13.0 Å². The Morgan fingerprint density at radius 2 is 2.12 bits per heavy atom. The van der Waals surface area contributed by atoms with E-state index in [-0.39, 0.29) is 0 Å². The molecule has 3 aromatic heterocycles. The normalized spacial score (nSPS) is 11.1. The zero-order valence-electron chi connectivity index (χ0n) is 9.37. The quantitative estimate of drug-likeness (QED) is 0.679. The van der Waals surface area contributed by atoms with Crippen molar-refractivity contribution in [3.05, 3.63) is 36.2 Å². The van der Waals surface area contributed by atoms with E-state index in [1.807, 2.05) is 4.57 Å². The van der Waals surface area contributed by atoms with Crippen molar-refractivity contribution < 1.29 is 4.52 Å². The van der Waals surface area contributed by atoms with Crippen LogP contribution in [0.3, 0.4) is 0 Å². The lowest BCUT2D eigenvalue weighted by atomic mass is 10.2. The molecule has 0 aliphatic rings. The molecule has 6 heteroatoms. The van der Waals surface area contributed by atoms with Crippen molar-refractivity contribution in [3.63, 3.8) is 0 Å². The third-order valence-corrected chi connectivity index (χ3v) is 2.68. The third-order valence-electron chi connectivity index (χ3n) is 2.68. The first-order valence-corrected chi connectivity index (χ1v) is 5.42. The molecule has 0 aliphatic carbocycles. The molecule has 0 bridgehead atoms. The molecule has 0 unspecified atom stereocenters. The van der Waals surface area contributed by atoms with Crippen LogP contribution in [-0.4, -0.2) is 24.7 Å². The summed E-state index contributed by atoms with van der Waals surface area (Å²) in [5, 5.41) is 4.00. The number of aromatic nitrogens is 5. The molecule has 0 atom stereocenters. The molecule has 0 spiro atoms. The van der Waals surface area contributed by atoms with Gasteiger partial charge in [0.2, 0.25) is 0 Å². The van der Waals surface area contributed by atoms with Gasteiger partial charge in [-0.3, -0.25) is 0 Å². The maximum atomic E-state index is 4.98. The van der Waals surface area contributed by atoms with Crippen LogP contribution in [0.2, 0.25) is 0 Å². The van der Waals surface area contributed by atoms with Crippen LogP contribution in [0, 0.1) is 0 Å². The largest absolute Gasteiger partial charge is 0.364 e. The highest BCUT2D eigenvalue weighted by molar-refractivity contribution is 5.64. The standard InChI is InChI=1S/C11H11N5O/c1-2-8-6-17-15-9(8)5-16-7-14-10-11(16)13-4-3-12-10/h3-4,6-7H,2,5H2,1H3. The molecule has 17 heavy (non-hydrogen) atoms. The summed E-state index contributed by atoms with van der Waals surface area (Å²) in [6.07, 6.45) is 7.59. The van der Waals surface area contributed by atoms with Crippen LogP contribution in [0.15, 0.2) is 29.5 Å². The molecule has 0 aliphatic heterocycles.